The Kier molecular flexibility index (Phi) is 5.04. The van der Waals surface area contributed by atoms with Gasteiger partial charge in [0, 0.05) is 12.1 Å². The number of hydrogen-bond donors (Lipinski definition) is 1. The van der Waals surface area contributed by atoms with Crippen LogP contribution in [0.3, 0.4) is 0 Å². The van der Waals surface area contributed by atoms with Crippen molar-refractivity contribution < 1.29 is 14.3 Å². The maximum Gasteiger partial charge on any atom is 0.346 e. The predicted octanol–water partition coefficient (Wildman–Crippen LogP) is 2.39. The molecular formula is C14H19NO3. The Morgan fingerprint density at radius 2 is 1.28 bits per heavy atom. The van der Waals surface area contributed by atoms with Gasteiger partial charge in [-0.25, -0.2) is 9.59 Å². The number of cyclic esters (lactones) is 2. The molecule has 1 aliphatic rings. The standard InChI is InChI=1S/C8H4O3.C6H15N/c9-7-5-3-1-2-4-6(5)8(10)11-7;1-5(2)7-6(3)4/h1-4H;5-7H,1-4H3. The first-order valence-electron chi connectivity index (χ1n) is 6.03. The van der Waals surface area contributed by atoms with Crippen molar-refractivity contribution in [3.05, 3.63) is 35.4 Å². The largest absolute Gasteiger partial charge is 0.386 e. The van der Waals surface area contributed by atoms with Crippen LogP contribution in [0.1, 0.15) is 48.4 Å². The van der Waals surface area contributed by atoms with Crippen LogP contribution in [0.5, 0.6) is 0 Å². The molecule has 1 N–H and O–H groups in total. The van der Waals surface area contributed by atoms with Gasteiger partial charge < -0.3 is 10.1 Å². The third kappa shape index (κ3) is 3.96. The first-order chi connectivity index (χ1) is 8.41. The summed E-state index contributed by atoms with van der Waals surface area (Å²) >= 11 is 0. The maximum absolute atomic E-state index is 10.8. The summed E-state index contributed by atoms with van der Waals surface area (Å²) in [5, 5.41) is 3.31. The van der Waals surface area contributed by atoms with Gasteiger partial charge in [0.25, 0.3) is 0 Å². The van der Waals surface area contributed by atoms with E-state index in [1.165, 1.54) is 0 Å². The Morgan fingerprint density at radius 3 is 1.56 bits per heavy atom. The fraction of sp³-hybridized carbons (Fsp3) is 0.429. The van der Waals surface area contributed by atoms with Crippen LogP contribution >= 0.6 is 0 Å². The second kappa shape index (κ2) is 6.31. The number of fused-ring (bicyclic) bond motifs is 1. The van der Waals surface area contributed by atoms with Crippen LogP contribution in [0.4, 0.5) is 0 Å². The zero-order valence-electron chi connectivity index (χ0n) is 11.2. The lowest BCUT2D eigenvalue weighted by atomic mass is 10.1. The van der Waals surface area contributed by atoms with Gasteiger partial charge in [0.15, 0.2) is 0 Å². The minimum absolute atomic E-state index is 0.359. The fourth-order valence-electron chi connectivity index (χ4n) is 1.70. The SMILES string of the molecule is CC(C)NC(C)C.O=C1OC(=O)c2ccccc21. The second-order valence-corrected chi connectivity index (χ2v) is 4.70. The first-order valence-corrected chi connectivity index (χ1v) is 6.03. The van der Waals surface area contributed by atoms with E-state index >= 15 is 0 Å². The summed E-state index contributed by atoms with van der Waals surface area (Å²) in [6.07, 6.45) is 0. The van der Waals surface area contributed by atoms with Gasteiger partial charge >= 0.3 is 11.9 Å². The van der Waals surface area contributed by atoms with Crippen LogP contribution < -0.4 is 5.32 Å². The van der Waals surface area contributed by atoms with E-state index in [4.69, 9.17) is 0 Å². The van der Waals surface area contributed by atoms with E-state index in [9.17, 15) is 9.59 Å². The minimum atomic E-state index is -0.550. The summed E-state index contributed by atoms with van der Waals surface area (Å²) in [6.45, 7) is 8.61. The zero-order valence-corrected chi connectivity index (χ0v) is 11.2. The minimum Gasteiger partial charge on any atom is -0.386 e. The van der Waals surface area contributed by atoms with Crippen LogP contribution in [0.25, 0.3) is 0 Å². The molecular weight excluding hydrogens is 230 g/mol. The lowest BCUT2D eigenvalue weighted by Crippen LogP contribution is -2.29. The molecule has 0 atom stereocenters. The fourth-order valence-corrected chi connectivity index (χ4v) is 1.70. The average Bonchev–Trinajstić information content (AvgIpc) is 2.55. The Balaban J connectivity index is 0.000000203. The van der Waals surface area contributed by atoms with E-state index < -0.39 is 11.9 Å². The van der Waals surface area contributed by atoms with E-state index in [2.05, 4.69) is 37.7 Å². The predicted molar refractivity (Wildman–Crippen MR) is 69.6 cm³/mol. The van der Waals surface area contributed by atoms with Gasteiger partial charge in [0.2, 0.25) is 0 Å². The molecule has 1 heterocycles. The highest BCUT2D eigenvalue weighted by Gasteiger charge is 2.28. The van der Waals surface area contributed by atoms with Gasteiger partial charge in [0.1, 0.15) is 0 Å². The first kappa shape index (κ1) is 14.4. The van der Waals surface area contributed by atoms with Crippen LogP contribution in [0.2, 0.25) is 0 Å². The Bertz CT molecular complexity index is 399. The van der Waals surface area contributed by atoms with Crippen molar-refractivity contribution in [3.8, 4) is 0 Å². The third-order valence-corrected chi connectivity index (χ3v) is 2.22. The molecule has 98 valence electrons. The number of hydrogen-bond acceptors (Lipinski definition) is 4. The lowest BCUT2D eigenvalue weighted by Gasteiger charge is -2.10. The van der Waals surface area contributed by atoms with E-state index in [0.717, 1.165) is 0 Å². The summed E-state index contributed by atoms with van der Waals surface area (Å²) in [7, 11) is 0. The number of carbonyl (C=O) groups is 2. The van der Waals surface area contributed by atoms with Gasteiger partial charge in [-0.05, 0) is 12.1 Å². The molecule has 4 nitrogen and oxygen atoms in total. The number of rotatable bonds is 2. The monoisotopic (exact) mass is 249 g/mol. The molecule has 1 aromatic rings. The Hall–Kier alpha value is -1.68. The molecule has 2 rings (SSSR count). The van der Waals surface area contributed by atoms with Crippen LogP contribution in [-0.2, 0) is 4.74 Å². The average molecular weight is 249 g/mol. The summed E-state index contributed by atoms with van der Waals surface area (Å²) in [6, 6.07) is 7.78. The summed E-state index contributed by atoms with van der Waals surface area (Å²) in [5.74, 6) is -1.10. The highest BCUT2D eigenvalue weighted by molar-refractivity contribution is 6.14. The van der Waals surface area contributed by atoms with Crippen LogP contribution in [-0.4, -0.2) is 24.0 Å². The quantitative estimate of drug-likeness (QED) is 0.646. The molecule has 18 heavy (non-hydrogen) atoms. The smallest absolute Gasteiger partial charge is 0.346 e. The van der Waals surface area contributed by atoms with Gasteiger partial charge in [-0.1, -0.05) is 39.8 Å². The van der Waals surface area contributed by atoms with E-state index in [1.807, 2.05) is 0 Å². The van der Waals surface area contributed by atoms with Crippen molar-refractivity contribution in [1.29, 1.82) is 0 Å². The summed E-state index contributed by atoms with van der Waals surface area (Å²) in [4.78, 5) is 21.7. The summed E-state index contributed by atoms with van der Waals surface area (Å²) in [5.41, 5.74) is 0.718. The van der Waals surface area contributed by atoms with Crippen LogP contribution in [0, 0.1) is 0 Å². The molecule has 1 aromatic carbocycles. The van der Waals surface area contributed by atoms with Crippen LogP contribution in [0.15, 0.2) is 24.3 Å². The lowest BCUT2D eigenvalue weighted by molar-refractivity contribution is 0.0444. The second-order valence-electron chi connectivity index (χ2n) is 4.70. The Labute approximate surface area is 107 Å². The normalized spacial score (nSPS) is 13.2. The number of nitrogens with one attached hydrogen (secondary N) is 1. The van der Waals surface area contributed by atoms with Gasteiger partial charge in [0.05, 0.1) is 11.1 Å². The third-order valence-electron chi connectivity index (χ3n) is 2.22. The maximum atomic E-state index is 10.8. The van der Waals surface area contributed by atoms with Crippen molar-refractivity contribution in [2.45, 2.75) is 39.8 Å². The molecule has 0 unspecified atom stereocenters. The molecule has 0 spiro atoms. The van der Waals surface area contributed by atoms with Crippen molar-refractivity contribution in [3.63, 3.8) is 0 Å². The van der Waals surface area contributed by atoms with E-state index in [1.54, 1.807) is 24.3 Å². The number of esters is 2. The number of benzene rings is 1. The molecule has 0 radical (unpaired) electrons. The van der Waals surface area contributed by atoms with Crippen molar-refractivity contribution in [1.82, 2.24) is 5.32 Å². The molecule has 0 fully saturated rings. The molecule has 0 saturated heterocycles. The van der Waals surface area contributed by atoms with E-state index in [-0.39, 0.29) is 0 Å². The summed E-state index contributed by atoms with van der Waals surface area (Å²) < 4.78 is 4.35. The van der Waals surface area contributed by atoms with E-state index in [0.29, 0.717) is 23.2 Å². The molecule has 0 amide bonds. The van der Waals surface area contributed by atoms with Gasteiger partial charge in [-0.15, -0.1) is 0 Å². The van der Waals surface area contributed by atoms with Crippen molar-refractivity contribution in [2.75, 3.05) is 0 Å². The van der Waals surface area contributed by atoms with Crippen molar-refractivity contribution in [2.24, 2.45) is 0 Å². The molecule has 0 bridgehead atoms. The topological polar surface area (TPSA) is 55.4 Å². The highest BCUT2D eigenvalue weighted by atomic mass is 16.6. The molecule has 1 aliphatic heterocycles. The Morgan fingerprint density at radius 1 is 0.889 bits per heavy atom. The van der Waals surface area contributed by atoms with Gasteiger partial charge in [-0.2, -0.15) is 0 Å². The molecule has 0 aromatic heterocycles. The molecule has 0 aliphatic carbocycles. The molecule has 0 saturated carbocycles. The van der Waals surface area contributed by atoms with Crippen molar-refractivity contribution >= 4 is 11.9 Å². The van der Waals surface area contributed by atoms with Gasteiger partial charge in [-0.3, -0.25) is 0 Å². The number of ether oxygens (including phenoxy) is 1. The molecule has 4 heteroatoms. The highest BCUT2D eigenvalue weighted by Crippen LogP contribution is 2.18. The zero-order chi connectivity index (χ0) is 13.7. The number of carbonyl (C=O) groups excluding carboxylic acids is 2.